The van der Waals surface area contributed by atoms with Crippen molar-refractivity contribution in [1.29, 1.82) is 0 Å². The van der Waals surface area contributed by atoms with Gasteiger partial charge in [-0.05, 0) is 23.6 Å². The Balaban J connectivity index is 2.34. The van der Waals surface area contributed by atoms with Crippen LogP contribution in [-0.2, 0) is 9.59 Å². The van der Waals surface area contributed by atoms with Crippen LogP contribution in [0.3, 0.4) is 0 Å². The average Bonchev–Trinajstić information content (AvgIpc) is 2.65. The maximum Gasteiger partial charge on any atom is 0.236 e. The predicted molar refractivity (Wildman–Crippen MR) is 62.8 cm³/mol. The van der Waals surface area contributed by atoms with Crippen molar-refractivity contribution in [3.63, 3.8) is 0 Å². The zero-order chi connectivity index (χ0) is 11.7. The first-order valence-electron chi connectivity index (χ1n) is 5.20. The molecule has 1 unspecified atom stereocenters. The first-order chi connectivity index (χ1) is 7.65. The number of benzene rings is 1. The van der Waals surface area contributed by atoms with E-state index in [2.05, 4.69) is 0 Å². The summed E-state index contributed by atoms with van der Waals surface area (Å²) in [5.74, 6) is -0.0948. The van der Waals surface area contributed by atoms with Gasteiger partial charge in [0, 0.05) is 10.8 Å². The lowest BCUT2D eigenvalue weighted by molar-refractivity contribution is -0.132. The summed E-state index contributed by atoms with van der Waals surface area (Å²) in [5.41, 5.74) is 0.927. The molecule has 1 aromatic rings. The maximum atomic E-state index is 11.9. The topological polar surface area (TPSA) is 37.4 Å². The smallest absolute Gasteiger partial charge is 0.236 e. The summed E-state index contributed by atoms with van der Waals surface area (Å²) in [6.07, 6.45) is 0.832. The number of fused-ring (bicyclic) bond motifs is 1. The van der Waals surface area contributed by atoms with Crippen molar-refractivity contribution in [2.24, 2.45) is 5.92 Å². The number of amides is 1. The Morgan fingerprint density at radius 3 is 2.75 bits per heavy atom. The molecule has 0 fully saturated rings. The van der Waals surface area contributed by atoms with E-state index in [1.807, 2.05) is 38.1 Å². The Kier molecular flexibility index (Phi) is 3.01. The van der Waals surface area contributed by atoms with Gasteiger partial charge in [-0.25, -0.2) is 0 Å². The fourth-order valence-electron chi connectivity index (χ4n) is 1.66. The van der Waals surface area contributed by atoms with Crippen molar-refractivity contribution in [2.45, 2.75) is 24.8 Å². The molecule has 1 aliphatic heterocycles. The summed E-state index contributed by atoms with van der Waals surface area (Å²) < 4.78 is 1.57. The van der Waals surface area contributed by atoms with Crippen molar-refractivity contribution in [1.82, 2.24) is 4.31 Å². The van der Waals surface area contributed by atoms with Gasteiger partial charge in [-0.3, -0.25) is 9.10 Å². The summed E-state index contributed by atoms with van der Waals surface area (Å²) in [7, 11) is 0. The van der Waals surface area contributed by atoms with E-state index in [0.29, 0.717) is 0 Å². The zero-order valence-electron chi connectivity index (χ0n) is 9.21. The van der Waals surface area contributed by atoms with Crippen LogP contribution in [0.25, 0.3) is 0 Å². The first kappa shape index (κ1) is 11.2. The van der Waals surface area contributed by atoms with Crippen LogP contribution < -0.4 is 0 Å². The van der Waals surface area contributed by atoms with Crippen molar-refractivity contribution in [3.05, 3.63) is 29.8 Å². The highest BCUT2D eigenvalue weighted by molar-refractivity contribution is 7.97. The Hall–Kier alpha value is -1.29. The van der Waals surface area contributed by atoms with Crippen LogP contribution >= 0.6 is 11.9 Å². The van der Waals surface area contributed by atoms with E-state index in [1.54, 1.807) is 4.31 Å². The van der Waals surface area contributed by atoms with Gasteiger partial charge in [-0.1, -0.05) is 32.0 Å². The van der Waals surface area contributed by atoms with Gasteiger partial charge in [0.1, 0.15) is 12.3 Å². The number of rotatable bonds is 2. The second kappa shape index (κ2) is 4.29. The molecule has 84 valence electrons. The second-order valence-electron chi connectivity index (χ2n) is 4.03. The highest BCUT2D eigenvalue weighted by Gasteiger charge is 2.35. The zero-order valence-corrected chi connectivity index (χ0v) is 10.0. The minimum Gasteiger partial charge on any atom is -0.301 e. The molecule has 0 saturated heterocycles. The molecule has 2 rings (SSSR count). The Bertz CT molecular complexity index is 431. The molecule has 1 amide bonds. The Morgan fingerprint density at radius 1 is 1.44 bits per heavy atom. The molecule has 0 N–H and O–H groups in total. The van der Waals surface area contributed by atoms with Crippen LogP contribution in [0.5, 0.6) is 0 Å². The van der Waals surface area contributed by atoms with Crippen molar-refractivity contribution >= 4 is 24.1 Å². The van der Waals surface area contributed by atoms with Gasteiger partial charge >= 0.3 is 0 Å². The number of aldehydes is 1. The first-order valence-corrected chi connectivity index (χ1v) is 5.97. The fourth-order valence-corrected chi connectivity index (χ4v) is 2.89. The SMILES string of the molecule is CC(C)C(=O)N1Sc2ccccc2C1C=O. The lowest BCUT2D eigenvalue weighted by Crippen LogP contribution is -2.29. The van der Waals surface area contributed by atoms with Crippen LogP contribution in [0.1, 0.15) is 25.5 Å². The summed E-state index contributed by atoms with van der Waals surface area (Å²) in [4.78, 5) is 24.0. The number of hydrogen-bond acceptors (Lipinski definition) is 3. The van der Waals surface area contributed by atoms with Gasteiger partial charge in [-0.15, -0.1) is 0 Å². The molecule has 1 aliphatic rings. The van der Waals surface area contributed by atoms with Gasteiger partial charge in [0.05, 0.1) is 0 Å². The number of carbonyl (C=O) groups excluding carboxylic acids is 2. The van der Waals surface area contributed by atoms with Crippen molar-refractivity contribution in [2.75, 3.05) is 0 Å². The quantitative estimate of drug-likeness (QED) is 0.583. The molecule has 1 heterocycles. The molecular weight excluding hydrogens is 222 g/mol. The Morgan fingerprint density at radius 2 is 2.12 bits per heavy atom. The predicted octanol–water partition coefficient (Wildman–Crippen LogP) is 2.43. The van der Waals surface area contributed by atoms with Gasteiger partial charge in [0.25, 0.3) is 0 Å². The third-order valence-electron chi connectivity index (χ3n) is 2.53. The van der Waals surface area contributed by atoms with Gasteiger partial charge < -0.3 is 4.79 Å². The molecule has 4 heteroatoms. The molecule has 0 saturated carbocycles. The van der Waals surface area contributed by atoms with E-state index in [1.165, 1.54) is 11.9 Å². The molecule has 0 aromatic heterocycles. The van der Waals surface area contributed by atoms with E-state index < -0.39 is 6.04 Å². The highest BCUT2D eigenvalue weighted by atomic mass is 32.2. The number of nitrogens with zero attached hydrogens (tertiary/aromatic N) is 1. The lowest BCUT2D eigenvalue weighted by Gasteiger charge is -2.20. The highest BCUT2D eigenvalue weighted by Crippen LogP contribution is 2.43. The van der Waals surface area contributed by atoms with Crippen molar-refractivity contribution < 1.29 is 9.59 Å². The monoisotopic (exact) mass is 235 g/mol. The van der Waals surface area contributed by atoms with Crippen LogP contribution in [0.2, 0.25) is 0 Å². The minimum atomic E-state index is -0.434. The van der Waals surface area contributed by atoms with Gasteiger partial charge in [-0.2, -0.15) is 0 Å². The lowest BCUT2D eigenvalue weighted by atomic mass is 10.1. The third-order valence-corrected chi connectivity index (χ3v) is 3.70. The number of carbonyl (C=O) groups is 2. The summed E-state index contributed by atoms with van der Waals surface area (Å²) in [6.45, 7) is 3.68. The van der Waals surface area contributed by atoms with Gasteiger partial charge in [0.15, 0.2) is 0 Å². The van der Waals surface area contributed by atoms with E-state index in [-0.39, 0.29) is 11.8 Å². The van der Waals surface area contributed by atoms with Gasteiger partial charge in [0.2, 0.25) is 5.91 Å². The molecule has 0 radical (unpaired) electrons. The number of hydrogen-bond donors (Lipinski definition) is 0. The Labute approximate surface area is 99.0 Å². The maximum absolute atomic E-state index is 11.9. The fraction of sp³-hybridized carbons (Fsp3) is 0.333. The third kappa shape index (κ3) is 1.73. The largest absolute Gasteiger partial charge is 0.301 e. The summed E-state index contributed by atoms with van der Waals surface area (Å²) in [6, 6.07) is 7.20. The minimum absolute atomic E-state index is 0.00157. The summed E-state index contributed by atoms with van der Waals surface area (Å²) in [5, 5.41) is 0. The van der Waals surface area contributed by atoms with E-state index >= 15 is 0 Å². The van der Waals surface area contributed by atoms with E-state index in [0.717, 1.165) is 16.7 Å². The molecule has 16 heavy (non-hydrogen) atoms. The molecule has 0 aliphatic carbocycles. The van der Waals surface area contributed by atoms with E-state index in [9.17, 15) is 9.59 Å². The standard InChI is InChI=1S/C12H13NO2S/c1-8(2)12(15)13-10(7-14)9-5-3-4-6-11(9)16-13/h3-8,10H,1-2H3. The van der Waals surface area contributed by atoms with Crippen LogP contribution in [0, 0.1) is 5.92 Å². The molecule has 1 aromatic carbocycles. The van der Waals surface area contributed by atoms with Crippen LogP contribution in [0.4, 0.5) is 0 Å². The summed E-state index contributed by atoms with van der Waals surface area (Å²) >= 11 is 1.36. The van der Waals surface area contributed by atoms with Crippen molar-refractivity contribution in [3.8, 4) is 0 Å². The molecule has 0 bridgehead atoms. The van der Waals surface area contributed by atoms with Crippen LogP contribution in [0.15, 0.2) is 29.2 Å². The second-order valence-corrected chi connectivity index (χ2v) is 5.04. The molecule has 0 spiro atoms. The molecule has 1 atom stereocenters. The molecular formula is C12H13NO2S. The van der Waals surface area contributed by atoms with Crippen LogP contribution in [-0.4, -0.2) is 16.5 Å². The average molecular weight is 235 g/mol. The normalized spacial score (nSPS) is 18.7. The molecule has 3 nitrogen and oxygen atoms in total. The van der Waals surface area contributed by atoms with E-state index in [4.69, 9.17) is 0 Å².